The zero-order chi connectivity index (χ0) is 23.9. The van der Waals surface area contributed by atoms with Gasteiger partial charge in [-0.3, -0.25) is 4.90 Å². The topological polar surface area (TPSA) is 41.1 Å². The lowest BCUT2D eigenvalue weighted by molar-refractivity contribution is 0.122. The molecule has 2 aliphatic heterocycles. The second-order valence-corrected chi connectivity index (χ2v) is 10.3. The minimum Gasteiger partial charge on any atom is -0.497 e. The highest BCUT2D eigenvalue weighted by Gasteiger charge is 2.17. The Morgan fingerprint density at radius 2 is 1.71 bits per heavy atom. The summed E-state index contributed by atoms with van der Waals surface area (Å²) in [7, 11) is 1.72. The van der Waals surface area contributed by atoms with Crippen molar-refractivity contribution in [1.29, 1.82) is 0 Å². The Balaban J connectivity index is 1.32. The van der Waals surface area contributed by atoms with E-state index >= 15 is 0 Å². The summed E-state index contributed by atoms with van der Waals surface area (Å²) in [4.78, 5) is 12.4. The van der Waals surface area contributed by atoms with Crippen LogP contribution in [0.5, 0.6) is 5.75 Å². The maximum absolute atomic E-state index is 5.50. The average molecular weight is 493 g/mol. The molecule has 2 aromatic carbocycles. The predicted octanol–water partition coefficient (Wildman–Crippen LogP) is 5.18. The molecule has 2 aliphatic rings. The number of piperidine rings is 1. The van der Waals surface area contributed by atoms with Crippen molar-refractivity contribution in [2.24, 2.45) is 0 Å². The van der Waals surface area contributed by atoms with E-state index in [2.05, 4.69) is 62.5 Å². The lowest BCUT2D eigenvalue weighted by atomic mass is 10.1. The molecule has 0 N–H and O–H groups in total. The molecule has 2 fully saturated rings. The first-order valence-corrected chi connectivity index (χ1v) is 13.6. The molecule has 1 aromatic heterocycles. The molecular formula is C28H36N4O2S. The van der Waals surface area contributed by atoms with Gasteiger partial charge >= 0.3 is 0 Å². The SMILES string of the molecule is COc1cccc(CN(Cc2ccc(N3CCOCC3)cc2)c2nc(CN3CCCCC3)cs2)c1. The quantitative estimate of drug-likeness (QED) is 0.410. The summed E-state index contributed by atoms with van der Waals surface area (Å²) in [5, 5.41) is 3.32. The Kier molecular flexibility index (Phi) is 8.18. The molecule has 5 rings (SSSR count). The molecule has 0 radical (unpaired) electrons. The largest absolute Gasteiger partial charge is 0.497 e. The van der Waals surface area contributed by atoms with Crippen molar-refractivity contribution >= 4 is 22.2 Å². The van der Waals surface area contributed by atoms with E-state index in [1.54, 1.807) is 18.4 Å². The number of hydrogen-bond donors (Lipinski definition) is 0. The van der Waals surface area contributed by atoms with Gasteiger partial charge in [-0.1, -0.05) is 30.7 Å². The summed E-state index contributed by atoms with van der Waals surface area (Å²) in [6, 6.07) is 17.3. The Hall–Kier alpha value is -2.61. The number of methoxy groups -OCH3 is 1. The van der Waals surface area contributed by atoms with Crippen molar-refractivity contribution in [2.45, 2.75) is 38.9 Å². The summed E-state index contributed by atoms with van der Waals surface area (Å²) in [5.41, 5.74) is 4.97. The standard InChI is InChI=1S/C28H36N4O2S/c1-33-27-7-5-6-24(18-27)20-32(28-29-25(22-35-28)21-30-12-3-2-4-13-30)19-23-8-10-26(11-9-23)31-14-16-34-17-15-31/h5-11,18,22H,2-4,12-17,19-21H2,1H3. The number of benzene rings is 2. The van der Waals surface area contributed by atoms with Crippen molar-refractivity contribution in [3.05, 3.63) is 70.7 Å². The number of thiazole rings is 1. The molecule has 0 spiro atoms. The minimum absolute atomic E-state index is 0.791. The van der Waals surface area contributed by atoms with Crippen LogP contribution in [0.1, 0.15) is 36.1 Å². The van der Waals surface area contributed by atoms with Crippen molar-refractivity contribution < 1.29 is 9.47 Å². The first-order valence-electron chi connectivity index (χ1n) is 12.7. The van der Waals surface area contributed by atoms with Crippen LogP contribution < -0.4 is 14.5 Å². The van der Waals surface area contributed by atoms with Crippen molar-refractivity contribution in [3.8, 4) is 5.75 Å². The molecular weight excluding hydrogens is 456 g/mol. The highest BCUT2D eigenvalue weighted by Crippen LogP contribution is 2.27. The van der Waals surface area contributed by atoms with E-state index < -0.39 is 0 Å². The van der Waals surface area contributed by atoms with E-state index in [1.807, 2.05) is 6.07 Å². The highest BCUT2D eigenvalue weighted by molar-refractivity contribution is 7.13. The Morgan fingerprint density at radius 3 is 2.49 bits per heavy atom. The van der Waals surface area contributed by atoms with Gasteiger partial charge in [-0.25, -0.2) is 4.98 Å². The Morgan fingerprint density at radius 1 is 0.943 bits per heavy atom. The van der Waals surface area contributed by atoms with E-state index in [0.29, 0.717) is 0 Å². The number of hydrogen-bond acceptors (Lipinski definition) is 7. The number of aromatic nitrogens is 1. The summed E-state index contributed by atoms with van der Waals surface area (Å²) in [6.45, 7) is 8.47. The van der Waals surface area contributed by atoms with Crippen LogP contribution in [0.25, 0.3) is 0 Å². The fourth-order valence-corrected chi connectivity index (χ4v) is 5.71. The van der Waals surface area contributed by atoms with Gasteiger partial charge < -0.3 is 19.3 Å². The monoisotopic (exact) mass is 492 g/mol. The molecule has 6 nitrogen and oxygen atoms in total. The van der Waals surface area contributed by atoms with E-state index in [4.69, 9.17) is 14.5 Å². The van der Waals surface area contributed by atoms with Crippen LogP contribution in [0.3, 0.4) is 0 Å². The van der Waals surface area contributed by atoms with Gasteiger partial charge in [0, 0.05) is 43.8 Å². The van der Waals surface area contributed by atoms with Gasteiger partial charge in [0.25, 0.3) is 0 Å². The number of nitrogens with zero attached hydrogens (tertiary/aromatic N) is 4. The van der Waals surface area contributed by atoms with Crippen LogP contribution in [0.4, 0.5) is 10.8 Å². The van der Waals surface area contributed by atoms with Crippen LogP contribution in [-0.2, 0) is 24.4 Å². The molecule has 7 heteroatoms. The van der Waals surface area contributed by atoms with Crippen LogP contribution in [0.15, 0.2) is 53.9 Å². The van der Waals surface area contributed by atoms with Gasteiger partial charge in [0.15, 0.2) is 5.13 Å². The molecule has 3 aromatic rings. The molecule has 3 heterocycles. The van der Waals surface area contributed by atoms with Crippen molar-refractivity contribution in [3.63, 3.8) is 0 Å². The lowest BCUT2D eigenvalue weighted by Gasteiger charge is -2.29. The van der Waals surface area contributed by atoms with Crippen LogP contribution >= 0.6 is 11.3 Å². The third-order valence-corrected chi connectivity index (χ3v) is 7.79. The molecule has 35 heavy (non-hydrogen) atoms. The summed E-state index contributed by atoms with van der Waals surface area (Å²) >= 11 is 1.76. The van der Waals surface area contributed by atoms with Crippen LogP contribution in [-0.4, -0.2) is 56.4 Å². The third-order valence-electron chi connectivity index (χ3n) is 6.84. The van der Waals surface area contributed by atoms with Gasteiger partial charge in [0.1, 0.15) is 5.75 Å². The fraction of sp³-hybridized carbons (Fsp3) is 0.464. The first kappa shape index (κ1) is 24.1. The molecule has 0 saturated carbocycles. The first-order chi connectivity index (χ1) is 17.3. The van der Waals surface area contributed by atoms with Gasteiger partial charge in [0.2, 0.25) is 0 Å². The lowest BCUT2D eigenvalue weighted by Crippen LogP contribution is -2.36. The number of likely N-dealkylation sites (tertiary alicyclic amines) is 1. The van der Waals surface area contributed by atoms with E-state index in [1.165, 1.54) is 54.9 Å². The molecule has 0 bridgehead atoms. The number of rotatable bonds is 9. The molecule has 0 amide bonds. The third kappa shape index (κ3) is 6.54. The Labute approximate surface area is 213 Å². The Bertz CT molecular complexity index is 1060. The van der Waals surface area contributed by atoms with Gasteiger partial charge in [-0.15, -0.1) is 11.3 Å². The smallest absolute Gasteiger partial charge is 0.186 e. The minimum atomic E-state index is 0.791. The fourth-order valence-electron chi connectivity index (χ4n) is 4.90. The van der Waals surface area contributed by atoms with Crippen molar-refractivity contribution in [2.75, 3.05) is 56.3 Å². The molecule has 0 aliphatic carbocycles. The maximum atomic E-state index is 5.50. The number of morpholine rings is 1. The van der Waals surface area contributed by atoms with Crippen LogP contribution in [0, 0.1) is 0 Å². The maximum Gasteiger partial charge on any atom is 0.186 e. The van der Waals surface area contributed by atoms with E-state index in [0.717, 1.165) is 56.8 Å². The molecule has 2 saturated heterocycles. The van der Waals surface area contributed by atoms with Crippen LogP contribution in [0.2, 0.25) is 0 Å². The summed E-state index contributed by atoms with van der Waals surface area (Å²) in [6.07, 6.45) is 3.97. The van der Waals surface area contributed by atoms with Gasteiger partial charge in [-0.05, 0) is 61.3 Å². The molecule has 0 unspecified atom stereocenters. The summed E-state index contributed by atoms with van der Waals surface area (Å²) in [5.74, 6) is 0.891. The highest BCUT2D eigenvalue weighted by atomic mass is 32.1. The molecule has 0 atom stereocenters. The number of ether oxygens (including phenoxy) is 2. The zero-order valence-corrected chi connectivity index (χ0v) is 21.5. The average Bonchev–Trinajstić information content (AvgIpc) is 3.38. The molecule has 186 valence electrons. The zero-order valence-electron chi connectivity index (χ0n) is 20.7. The number of anilines is 2. The second kappa shape index (κ2) is 11.9. The van der Waals surface area contributed by atoms with E-state index in [-0.39, 0.29) is 0 Å². The normalized spacial score (nSPS) is 16.9. The van der Waals surface area contributed by atoms with E-state index in [9.17, 15) is 0 Å². The van der Waals surface area contributed by atoms with Crippen molar-refractivity contribution in [1.82, 2.24) is 9.88 Å². The van der Waals surface area contributed by atoms with Gasteiger partial charge in [0.05, 0.1) is 26.0 Å². The van der Waals surface area contributed by atoms with Gasteiger partial charge in [-0.2, -0.15) is 0 Å². The summed E-state index contributed by atoms with van der Waals surface area (Å²) < 4.78 is 11.0. The predicted molar refractivity (Wildman–Crippen MR) is 144 cm³/mol. The second-order valence-electron chi connectivity index (χ2n) is 9.43.